The fourth-order valence-corrected chi connectivity index (χ4v) is 6.55. The van der Waals surface area contributed by atoms with Crippen molar-refractivity contribution < 1.29 is 34.1 Å². The highest BCUT2D eigenvalue weighted by molar-refractivity contribution is 7.99. The van der Waals surface area contributed by atoms with Crippen LogP contribution in [0.2, 0.25) is 0 Å². The van der Waals surface area contributed by atoms with E-state index >= 15 is 0 Å². The molecule has 3 atom stereocenters. The Bertz CT molecular complexity index is 1710. The van der Waals surface area contributed by atoms with Crippen molar-refractivity contribution in [3.63, 3.8) is 0 Å². The number of anilines is 1. The second-order valence-electron chi connectivity index (χ2n) is 12.1. The molecule has 1 aliphatic rings. The third-order valence-electron chi connectivity index (χ3n) is 8.18. The third kappa shape index (κ3) is 11.0. The van der Waals surface area contributed by atoms with Crippen LogP contribution in [0.4, 0.5) is 5.69 Å². The van der Waals surface area contributed by atoms with Gasteiger partial charge in [0, 0.05) is 54.6 Å². The van der Waals surface area contributed by atoms with Crippen molar-refractivity contribution in [1.82, 2.24) is 5.32 Å². The molecule has 4 aromatic rings. The van der Waals surface area contributed by atoms with Crippen molar-refractivity contribution in [1.29, 1.82) is 0 Å². The van der Waals surface area contributed by atoms with Gasteiger partial charge in [-0.25, -0.2) is 0 Å². The average molecular weight is 683 g/mol. The van der Waals surface area contributed by atoms with E-state index in [2.05, 4.69) is 22.8 Å². The van der Waals surface area contributed by atoms with Crippen molar-refractivity contribution in [3.05, 3.63) is 119 Å². The molecule has 0 saturated carbocycles. The summed E-state index contributed by atoms with van der Waals surface area (Å²) in [5, 5.41) is 24.1. The Morgan fingerprint density at radius 2 is 1.53 bits per heavy atom. The Morgan fingerprint density at radius 1 is 0.816 bits per heavy atom. The number of carbonyl (C=O) groups excluding carboxylic acids is 2. The minimum Gasteiger partial charge on any atom is -0.481 e. The van der Waals surface area contributed by atoms with Crippen molar-refractivity contribution in [2.24, 2.45) is 0 Å². The highest BCUT2D eigenvalue weighted by Gasteiger charge is 2.32. The first-order valence-corrected chi connectivity index (χ1v) is 17.4. The zero-order valence-electron chi connectivity index (χ0n) is 27.5. The number of aliphatic hydroxyl groups excluding tert-OH is 1. The normalized spacial score (nSPS) is 17.3. The van der Waals surface area contributed by atoms with Crippen LogP contribution in [0.3, 0.4) is 0 Å². The van der Waals surface area contributed by atoms with E-state index in [1.807, 2.05) is 84.9 Å². The molecular weight excluding hydrogens is 641 g/mol. The summed E-state index contributed by atoms with van der Waals surface area (Å²) in [4.78, 5) is 35.4. The van der Waals surface area contributed by atoms with E-state index in [-0.39, 0.29) is 37.0 Å². The molecule has 49 heavy (non-hydrogen) atoms. The summed E-state index contributed by atoms with van der Waals surface area (Å²) in [5.41, 5.74) is 6.46. The Hall–Kier alpha value is -4.48. The number of thioether (sulfide) groups is 1. The van der Waals surface area contributed by atoms with Gasteiger partial charge in [0.15, 0.2) is 6.29 Å². The molecular formula is C39H42N2O7S. The molecule has 256 valence electrons. The summed E-state index contributed by atoms with van der Waals surface area (Å²) < 4.78 is 13.2. The van der Waals surface area contributed by atoms with E-state index in [4.69, 9.17) is 14.6 Å². The van der Waals surface area contributed by atoms with Gasteiger partial charge in [0.1, 0.15) is 0 Å². The number of aliphatic hydroxyl groups is 1. The van der Waals surface area contributed by atoms with Crippen LogP contribution >= 0.6 is 11.8 Å². The van der Waals surface area contributed by atoms with Crippen LogP contribution in [-0.2, 0) is 37.0 Å². The number of hydrogen-bond donors (Lipinski definition) is 4. The fourth-order valence-electron chi connectivity index (χ4n) is 5.63. The minimum absolute atomic E-state index is 0.0213. The molecule has 1 aliphatic heterocycles. The number of carboxylic acid groups (broad SMARTS) is 1. The smallest absolute Gasteiger partial charge is 0.303 e. The second-order valence-corrected chi connectivity index (χ2v) is 13.2. The molecule has 0 radical (unpaired) electrons. The lowest BCUT2D eigenvalue weighted by molar-refractivity contribution is -0.245. The van der Waals surface area contributed by atoms with Crippen molar-refractivity contribution in [3.8, 4) is 11.1 Å². The number of unbranched alkanes of at least 4 members (excludes halogenated alkanes) is 1. The molecule has 1 saturated heterocycles. The number of aliphatic carboxylic acids is 1. The summed E-state index contributed by atoms with van der Waals surface area (Å²) in [6.07, 6.45) is 1.13. The number of hydrogen-bond acceptors (Lipinski definition) is 7. The number of amides is 2. The minimum atomic E-state index is -0.849. The van der Waals surface area contributed by atoms with Gasteiger partial charge in [0.25, 0.3) is 0 Å². The molecule has 5 rings (SSSR count). The summed E-state index contributed by atoms with van der Waals surface area (Å²) in [6.45, 7) is 1.85. The van der Waals surface area contributed by atoms with Crippen LogP contribution in [0.15, 0.2) is 102 Å². The topological polar surface area (TPSA) is 134 Å². The molecule has 2 amide bonds. The van der Waals surface area contributed by atoms with Gasteiger partial charge in [0.05, 0.1) is 18.8 Å². The average Bonchev–Trinajstić information content (AvgIpc) is 3.12. The van der Waals surface area contributed by atoms with E-state index < -0.39 is 12.3 Å². The third-order valence-corrected chi connectivity index (χ3v) is 9.32. The number of benzene rings is 4. The van der Waals surface area contributed by atoms with Crippen molar-refractivity contribution >= 4 is 35.2 Å². The molecule has 4 N–H and O–H groups in total. The lowest BCUT2D eigenvalue weighted by Gasteiger charge is -2.36. The van der Waals surface area contributed by atoms with Gasteiger partial charge < -0.3 is 30.3 Å². The van der Waals surface area contributed by atoms with Gasteiger partial charge in [-0.3, -0.25) is 14.4 Å². The summed E-state index contributed by atoms with van der Waals surface area (Å²) >= 11 is 1.69. The molecule has 1 heterocycles. The van der Waals surface area contributed by atoms with Crippen LogP contribution in [-0.4, -0.2) is 39.9 Å². The van der Waals surface area contributed by atoms with E-state index in [1.54, 1.807) is 11.8 Å². The lowest BCUT2D eigenvalue weighted by atomic mass is 9.99. The molecule has 0 spiro atoms. The maximum absolute atomic E-state index is 12.3. The van der Waals surface area contributed by atoms with Gasteiger partial charge in [-0.2, -0.15) is 0 Å². The predicted octanol–water partition coefficient (Wildman–Crippen LogP) is 7.40. The molecule has 4 aromatic carbocycles. The molecule has 9 nitrogen and oxygen atoms in total. The van der Waals surface area contributed by atoms with Crippen LogP contribution < -0.4 is 10.6 Å². The Balaban J connectivity index is 1.28. The molecule has 1 fully saturated rings. The van der Waals surface area contributed by atoms with Crippen LogP contribution in [0.25, 0.3) is 11.1 Å². The van der Waals surface area contributed by atoms with E-state index in [0.29, 0.717) is 38.0 Å². The maximum atomic E-state index is 12.3. The lowest BCUT2D eigenvalue weighted by Crippen LogP contribution is -2.31. The Labute approximate surface area is 291 Å². The predicted molar refractivity (Wildman–Crippen MR) is 190 cm³/mol. The number of nitrogens with one attached hydrogen (secondary N) is 2. The highest BCUT2D eigenvalue weighted by Crippen LogP contribution is 2.40. The van der Waals surface area contributed by atoms with Crippen LogP contribution in [0.1, 0.15) is 73.7 Å². The first-order chi connectivity index (χ1) is 23.7. The SMILES string of the molecule is CC(=O)Nc1ccc(SC[C@H]2C[C@@H](c3ccc(CO)cc3)O[C@@H](c3cccc(-c4cccc(CNC(=O)CCCCC(=O)O)c4)c3)O2)cc1. The first-order valence-electron chi connectivity index (χ1n) is 16.4. The largest absolute Gasteiger partial charge is 0.481 e. The van der Waals surface area contributed by atoms with Gasteiger partial charge in [-0.15, -0.1) is 11.8 Å². The van der Waals surface area contributed by atoms with Gasteiger partial charge >= 0.3 is 5.97 Å². The Kier molecular flexibility index (Phi) is 13.0. The molecule has 0 unspecified atom stereocenters. The molecule has 10 heteroatoms. The molecule has 0 aromatic heterocycles. The Morgan fingerprint density at radius 3 is 2.24 bits per heavy atom. The summed E-state index contributed by atoms with van der Waals surface area (Å²) in [6, 6.07) is 31.7. The fraction of sp³-hybridized carbons (Fsp3) is 0.308. The van der Waals surface area contributed by atoms with Gasteiger partial charge in [0.2, 0.25) is 11.8 Å². The standard InChI is InChI=1S/C39H42N2O7S/c1-26(43)41-33-16-18-35(19-17-33)49-25-34-22-36(29-14-12-27(24-42)13-15-29)48-39(47-34)32-9-5-8-31(21-32)30-7-4-6-28(20-30)23-40-37(44)10-2-3-11-38(45)46/h4-9,12-21,34,36,39,42H,2-3,10-11,22-25H2,1H3,(H,40,44)(H,41,43)(H,45,46)/t34-,36+,39+/m1/s1. The van der Waals surface area contributed by atoms with Gasteiger partial charge in [-0.1, -0.05) is 60.7 Å². The highest BCUT2D eigenvalue weighted by atomic mass is 32.2. The number of ether oxygens (including phenoxy) is 2. The van der Waals surface area contributed by atoms with Crippen molar-refractivity contribution in [2.45, 2.75) is 75.6 Å². The molecule has 0 aliphatic carbocycles. The second kappa shape index (κ2) is 17.8. The van der Waals surface area contributed by atoms with E-state index in [1.165, 1.54) is 6.92 Å². The zero-order valence-corrected chi connectivity index (χ0v) is 28.3. The summed E-state index contributed by atoms with van der Waals surface area (Å²) in [7, 11) is 0. The zero-order chi connectivity index (χ0) is 34.6. The van der Waals surface area contributed by atoms with Gasteiger partial charge in [-0.05, 0) is 77.1 Å². The van der Waals surface area contributed by atoms with E-state index in [0.717, 1.165) is 44.0 Å². The van der Waals surface area contributed by atoms with Crippen molar-refractivity contribution in [2.75, 3.05) is 11.1 Å². The first kappa shape index (κ1) is 35.8. The van der Waals surface area contributed by atoms with E-state index in [9.17, 15) is 19.5 Å². The van der Waals surface area contributed by atoms with Crippen LogP contribution in [0.5, 0.6) is 0 Å². The maximum Gasteiger partial charge on any atom is 0.303 e. The number of rotatable bonds is 15. The quantitative estimate of drug-likeness (QED) is 0.0753. The number of carboxylic acids is 1. The monoisotopic (exact) mass is 682 g/mol. The number of carbonyl (C=O) groups is 3. The molecule has 0 bridgehead atoms. The van der Waals surface area contributed by atoms with Crippen LogP contribution in [0, 0.1) is 0 Å². The summed E-state index contributed by atoms with van der Waals surface area (Å²) in [5.74, 6) is -0.348.